The van der Waals surface area contributed by atoms with Gasteiger partial charge in [-0.3, -0.25) is 4.90 Å². The van der Waals surface area contributed by atoms with Gasteiger partial charge >= 0.3 is 0 Å². The summed E-state index contributed by atoms with van der Waals surface area (Å²) in [6, 6.07) is 8.40. The van der Waals surface area contributed by atoms with E-state index in [2.05, 4.69) is 9.88 Å². The Hall–Kier alpha value is -1.03. The maximum atomic E-state index is 5.98. The molecule has 22 heavy (non-hydrogen) atoms. The first kappa shape index (κ1) is 15.9. The molecule has 4 rings (SSSR count). The molecule has 1 aromatic heterocycles. The van der Waals surface area contributed by atoms with Crippen molar-refractivity contribution in [1.82, 2.24) is 9.88 Å². The van der Waals surface area contributed by atoms with Gasteiger partial charge in [0.1, 0.15) is 5.76 Å². The lowest BCUT2D eigenvalue weighted by Crippen LogP contribution is -2.32. The lowest BCUT2D eigenvalue weighted by molar-refractivity contribution is 0.149. The Morgan fingerprint density at radius 2 is 1.77 bits per heavy atom. The Balaban J connectivity index is 0.00000144. The first-order valence-corrected chi connectivity index (χ1v) is 8.16. The molecule has 0 spiro atoms. The number of oxazole rings is 1. The van der Waals surface area contributed by atoms with E-state index < -0.39 is 0 Å². The van der Waals surface area contributed by atoms with Gasteiger partial charge in [0, 0.05) is 23.2 Å². The van der Waals surface area contributed by atoms with E-state index in [0.29, 0.717) is 0 Å². The second kappa shape index (κ2) is 6.61. The Kier molecular flexibility index (Phi) is 4.76. The molecule has 0 saturated heterocycles. The fraction of sp³-hybridized carbons (Fsp3) is 0.471. The van der Waals surface area contributed by atoms with Crippen LogP contribution in [0.4, 0.5) is 0 Å². The molecule has 0 radical (unpaired) electrons. The van der Waals surface area contributed by atoms with Crippen LogP contribution in [0.1, 0.15) is 43.6 Å². The molecule has 0 atom stereocenters. The standard InChI is InChI=1S/C17H19ClN2O.ClH/c18-13-8-6-12(7-9-13)17-19-15-10-20(11-16(15)21-17)14-4-2-1-3-5-14;/h6-9,14H,1-5,10-11H2;1H. The molecule has 2 aliphatic rings. The van der Waals surface area contributed by atoms with Crippen LogP contribution in [0, 0.1) is 0 Å². The molecule has 5 heteroatoms. The van der Waals surface area contributed by atoms with Crippen molar-refractivity contribution in [1.29, 1.82) is 0 Å². The highest BCUT2D eigenvalue weighted by molar-refractivity contribution is 6.30. The van der Waals surface area contributed by atoms with Crippen molar-refractivity contribution in [3.63, 3.8) is 0 Å². The molecule has 0 unspecified atom stereocenters. The van der Waals surface area contributed by atoms with Crippen molar-refractivity contribution in [2.75, 3.05) is 0 Å². The van der Waals surface area contributed by atoms with Crippen LogP contribution in [0.25, 0.3) is 11.5 Å². The number of halogens is 2. The Labute approximate surface area is 142 Å². The number of nitrogens with zero attached hydrogens (tertiary/aromatic N) is 2. The predicted octanol–water partition coefficient (Wildman–Crippen LogP) is 5.07. The first-order chi connectivity index (χ1) is 10.3. The summed E-state index contributed by atoms with van der Waals surface area (Å²) in [5, 5.41) is 0.737. The van der Waals surface area contributed by atoms with E-state index in [1.54, 1.807) is 0 Å². The average Bonchev–Trinajstić information content (AvgIpc) is 3.07. The van der Waals surface area contributed by atoms with Gasteiger partial charge < -0.3 is 4.42 Å². The number of benzene rings is 1. The van der Waals surface area contributed by atoms with Crippen molar-refractivity contribution in [3.8, 4) is 11.5 Å². The number of fused-ring (bicyclic) bond motifs is 1. The molecule has 118 valence electrons. The predicted molar refractivity (Wildman–Crippen MR) is 90.3 cm³/mol. The van der Waals surface area contributed by atoms with E-state index in [9.17, 15) is 0 Å². The third-order valence-corrected chi connectivity index (χ3v) is 4.91. The molecule has 1 aliphatic heterocycles. The summed E-state index contributed by atoms with van der Waals surface area (Å²) in [5.74, 6) is 1.77. The van der Waals surface area contributed by atoms with Crippen LogP contribution in [0.3, 0.4) is 0 Å². The number of rotatable bonds is 2. The summed E-state index contributed by atoms with van der Waals surface area (Å²) in [4.78, 5) is 7.22. The molecule has 3 nitrogen and oxygen atoms in total. The van der Waals surface area contributed by atoms with Crippen molar-refractivity contribution < 1.29 is 4.42 Å². The van der Waals surface area contributed by atoms with Crippen molar-refractivity contribution in [2.45, 2.75) is 51.2 Å². The summed E-state index contributed by atoms with van der Waals surface area (Å²) in [6.45, 7) is 1.86. The van der Waals surface area contributed by atoms with E-state index in [-0.39, 0.29) is 12.4 Å². The van der Waals surface area contributed by atoms with Gasteiger partial charge in [0.25, 0.3) is 0 Å². The van der Waals surface area contributed by atoms with Gasteiger partial charge in [0.15, 0.2) is 0 Å². The van der Waals surface area contributed by atoms with Crippen molar-refractivity contribution in [2.24, 2.45) is 0 Å². The van der Waals surface area contributed by atoms with Gasteiger partial charge in [-0.05, 0) is 37.1 Å². The molecule has 2 heterocycles. The van der Waals surface area contributed by atoms with E-state index >= 15 is 0 Å². The number of hydrogen-bond donors (Lipinski definition) is 0. The zero-order valence-corrected chi connectivity index (χ0v) is 14.0. The van der Waals surface area contributed by atoms with Crippen LogP contribution in [0.15, 0.2) is 28.7 Å². The smallest absolute Gasteiger partial charge is 0.226 e. The van der Waals surface area contributed by atoms with Gasteiger partial charge in [0.05, 0.1) is 12.2 Å². The van der Waals surface area contributed by atoms with Gasteiger partial charge in [-0.25, -0.2) is 4.98 Å². The monoisotopic (exact) mass is 338 g/mol. The molecule has 1 aliphatic carbocycles. The van der Waals surface area contributed by atoms with E-state index in [0.717, 1.165) is 47.1 Å². The Morgan fingerprint density at radius 1 is 1.05 bits per heavy atom. The molecule has 1 saturated carbocycles. The van der Waals surface area contributed by atoms with Gasteiger partial charge in [-0.2, -0.15) is 0 Å². The molecule has 0 amide bonds. The third-order valence-electron chi connectivity index (χ3n) is 4.66. The summed E-state index contributed by atoms with van der Waals surface area (Å²) >= 11 is 5.92. The topological polar surface area (TPSA) is 29.3 Å². The second-order valence-electron chi connectivity index (χ2n) is 6.09. The van der Waals surface area contributed by atoms with Crippen LogP contribution in [0.5, 0.6) is 0 Å². The third kappa shape index (κ3) is 3.03. The zero-order valence-electron chi connectivity index (χ0n) is 12.4. The largest absolute Gasteiger partial charge is 0.439 e. The Morgan fingerprint density at radius 3 is 2.45 bits per heavy atom. The number of hydrogen-bond acceptors (Lipinski definition) is 3. The highest BCUT2D eigenvalue weighted by Gasteiger charge is 2.31. The molecule has 2 aromatic rings. The lowest BCUT2D eigenvalue weighted by Gasteiger charge is -2.30. The summed E-state index contributed by atoms with van der Waals surface area (Å²) in [7, 11) is 0. The highest BCUT2D eigenvalue weighted by atomic mass is 35.5. The highest BCUT2D eigenvalue weighted by Crippen LogP contribution is 2.33. The lowest BCUT2D eigenvalue weighted by atomic mass is 9.94. The second-order valence-corrected chi connectivity index (χ2v) is 6.53. The van der Waals surface area contributed by atoms with Crippen molar-refractivity contribution in [3.05, 3.63) is 40.7 Å². The van der Waals surface area contributed by atoms with Crippen molar-refractivity contribution >= 4 is 24.0 Å². The molecular formula is C17H20Cl2N2O. The summed E-state index contributed by atoms with van der Waals surface area (Å²) in [5.41, 5.74) is 2.11. The minimum absolute atomic E-state index is 0. The van der Waals surface area contributed by atoms with E-state index in [4.69, 9.17) is 16.0 Å². The zero-order chi connectivity index (χ0) is 14.2. The normalized spacial score (nSPS) is 19.0. The quantitative estimate of drug-likeness (QED) is 0.765. The number of aromatic nitrogens is 1. The van der Waals surface area contributed by atoms with E-state index in [1.807, 2.05) is 24.3 Å². The maximum absolute atomic E-state index is 5.98. The minimum atomic E-state index is 0. The van der Waals surface area contributed by atoms with E-state index in [1.165, 1.54) is 32.1 Å². The SMILES string of the molecule is Cl.Clc1ccc(-c2nc3c(o2)CN(C2CCCCC2)C3)cc1. The van der Waals surface area contributed by atoms with Gasteiger partial charge in [-0.1, -0.05) is 30.9 Å². The molecule has 0 N–H and O–H groups in total. The molecular weight excluding hydrogens is 319 g/mol. The maximum Gasteiger partial charge on any atom is 0.226 e. The Bertz CT molecular complexity index is 609. The molecule has 1 aromatic carbocycles. The molecule has 0 bridgehead atoms. The summed E-state index contributed by atoms with van der Waals surface area (Å²) in [6.07, 6.45) is 6.79. The van der Waals surface area contributed by atoms with Gasteiger partial charge in [0.2, 0.25) is 5.89 Å². The van der Waals surface area contributed by atoms with Crippen LogP contribution in [-0.2, 0) is 13.1 Å². The minimum Gasteiger partial charge on any atom is -0.439 e. The van der Waals surface area contributed by atoms with Crippen LogP contribution in [0.2, 0.25) is 5.02 Å². The van der Waals surface area contributed by atoms with Crippen LogP contribution < -0.4 is 0 Å². The fourth-order valence-corrected chi connectivity index (χ4v) is 3.61. The van der Waals surface area contributed by atoms with Gasteiger partial charge in [-0.15, -0.1) is 12.4 Å². The average molecular weight is 339 g/mol. The molecule has 1 fully saturated rings. The first-order valence-electron chi connectivity index (χ1n) is 7.78. The fourth-order valence-electron chi connectivity index (χ4n) is 3.48. The van der Waals surface area contributed by atoms with Crippen LogP contribution >= 0.6 is 24.0 Å². The summed E-state index contributed by atoms with van der Waals surface area (Å²) < 4.78 is 5.98. The van der Waals surface area contributed by atoms with Crippen LogP contribution in [-0.4, -0.2) is 15.9 Å².